The molecule has 0 saturated carbocycles. The second-order valence-corrected chi connectivity index (χ2v) is 3.72. The number of methoxy groups -OCH3 is 1. The molecule has 0 aliphatic carbocycles. The largest absolute Gasteiger partial charge is 0.465 e. The van der Waals surface area contributed by atoms with Gasteiger partial charge in [-0.15, -0.1) is 11.6 Å². The summed E-state index contributed by atoms with van der Waals surface area (Å²) < 4.78 is 18.3. The Hall–Kier alpha value is -0.610. The van der Waals surface area contributed by atoms with Crippen LogP contribution in [0.5, 0.6) is 0 Å². The van der Waals surface area contributed by atoms with Gasteiger partial charge in [-0.2, -0.15) is 0 Å². The van der Waals surface area contributed by atoms with Crippen molar-refractivity contribution in [2.75, 3.05) is 7.11 Å². The smallest absolute Gasteiger partial charge is 0.338 e. The highest BCUT2D eigenvalue weighted by atomic mass is 79.9. The van der Waals surface area contributed by atoms with Crippen LogP contribution in [-0.2, 0) is 10.6 Å². The minimum Gasteiger partial charge on any atom is -0.465 e. The molecule has 0 fully saturated rings. The molecule has 1 aromatic rings. The third-order valence-corrected chi connectivity index (χ3v) is 2.42. The quantitative estimate of drug-likeness (QED) is 0.615. The monoisotopic (exact) mass is 280 g/mol. The lowest BCUT2D eigenvalue weighted by Gasteiger charge is -2.06. The molecule has 0 bridgehead atoms. The van der Waals surface area contributed by atoms with Crippen molar-refractivity contribution in [1.29, 1.82) is 0 Å². The highest BCUT2D eigenvalue weighted by Crippen LogP contribution is 2.22. The third-order valence-electron chi connectivity index (χ3n) is 1.70. The van der Waals surface area contributed by atoms with Crippen LogP contribution in [0.4, 0.5) is 4.39 Å². The maximum Gasteiger partial charge on any atom is 0.338 e. The van der Waals surface area contributed by atoms with Gasteiger partial charge in [0.2, 0.25) is 0 Å². The summed E-state index contributed by atoms with van der Waals surface area (Å²) in [6, 6.07) is 2.73. The van der Waals surface area contributed by atoms with Gasteiger partial charge in [-0.25, -0.2) is 9.18 Å². The Morgan fingerprint density at radius 3 is 2.79 bits per heavy atom. The van der Waals surface area contributed by atoms with Crippen LogP contribution in [0.2, 0.25) is 0 Å². The lowest BCUT2D eigenvalue weighted by Crippen LogP contribution is -2.06. The molecule has 0 amide bonds. The average molecular weight is 282 g/mol. The van der Waals surface area contributed by atoms with Crippen LogP contribution in [0.1, 0.15) is 15.9 Å². The van der Waals surface area contributed by atoms with Gasteiger partial charge in [-0.1, -0.05) is 15.9 Å². The molecule has 14 heavy (non-hydrogen) atoms. The van der Waals surface area contributed by atoms with Crippen molar-refractivity contribution in [1.82, 2.24) is 0 Å². The van der Waals surface area contributed by atoms with E-state index in [9.17, 15) is 9.18 Å². The van der Waals surface area contributed by atoms with E-state index in [4.69, 9.17) is 11.6 Å². The van der Waals surface area contributed by atoms with Crippen LogP contribution in [0.3, 0.4) is 0 Å². The summed E-state index contributed by atoms with van der Waals surface area (Å²) in [5.41, 5.74) is 0.302. The third kappa shape index (κ3) is 2.25. The fourth-order valence-electron chi connectivity index (χ4n) is 1.03. The van der Waals surface area contributed by atoms with Crippen molar-refractivity contribution in [3.05, 3.63) is 33.5 Å². The normalized spacial score (nSPS) is 10.0. The Labute approximate surface area is 94.1 Å². The molecule has 0 saturated heterocycles. The molecule has 0 atom stereocenters. The Bertz CT molecular complexity index is 368. The van der Waals surface area contributed by atoms with E-state index >= 15 is 0 Å². The lowest BCUT2D eigenvalue weighted by atomic mass is 10.1. The van der Waals surface area contributed by atoms with E-state index < -0.39 is 11.8 Å². The first-order valence-corrected chi connectivity index (χ1v) is 5.05. The summed E-state index contributed by atoms with van der Waals surface area (Å²) in [4.78, 5) is 11.2. The van der Waals surface area contributed by atoms with Crippen molar-refractivity contribution in [3.8, 4) is 0 Å². The molecule has 0 aromatic heterocycles. The summed E-state index contributed by atoms with van der Waals surface area (Å²) in [6.45, 7) is 0. The maximum atomic E-state index is 13.3. The Kier molecular flexibility index (Phi) is 3.89. The molecule has 0 unspecified atom stereocenters. The number of ether oxygens (including phenoxy) is 1. The summed E-state index contributed by atoms with van der Waals surface area (Å²) in [7, 11) is 1.24. The van der Waals surface area contributed by atoms with Gasteiger partial charge < -0.3 is 4.74 Å². The van der Waals surface area contributed by atoms with Gasteiger partial charge in [0.15, 0.2) is 0 Å². The molecule has 1 aromatic carbocycles. The van der Waals surface area contributed by atoms with Gasteiger partial charge in [0.05, 0.1) is 18.6 Å². The lowest BCUT2D eigenvalue weighted by molar-refractivity contribution is 0.0599. The van der Waals surface area contributed by atoms with E-state index in [-0.39, 0.29) is 17.0 Å². The van der Waals surface area contributed by atoms with Crippen LogP contribution in [0.25, 0.3) is 0 Å². The second kappa shape index (κ2) is 4.75. The van der Waals surface area contributed by atoms with Crippen molar-refractivity contribution in [2.45, 2.75) is 5.88 Å². The summed E-state index contributed by atoms with van der Waals surface area (Å²) in [5.74, 6) is -1.18. The number of hydrogen-bond acceptors (Lipinski definition) is 2. The highest BCUT2D eigenvalue weighted by Gasteiger charge is 2.16. The van der Waals surface area contributed by atoms with Gasteiger partial charge in [-0.3, -0.25) is 0 Å². The van der Waals surface area contributed by atoms with Gasteiger partial charge in [0, 0.05) is 10.0 Å². The topological polar surface area (TPSA) is 26.3 Å². The Morgan fingerprint density at radius 1 is 1.64 bits per heavy atom. The predicted molar refractivity (Wildman–Crippen MR) is 55.0 cm³/mol. The first-order chi connectivity index (χ1) is 6.60. The fourth-order valence-corrected chi connectivity index (χ4v) is 1.73. The Balaban J connectivity index is 3.32. The van der Waals surface area contributed by atoms with Crippen molar-refractivity contribution in [2.24, 2.45) is 0 Å². The number of benzene rings is 1. The molecule has 0 radical (unpaired) electrons. The summed E-state index contributed by atoms with van der Waals surface area (Å²) in [5, 5.41) is 0. The van der Waals surface area contributed by atoms with Crippen LogP contribution >= 0.6 is 27.5 Å². The Morgan fingerprint density at radius 2 is 2.29 bits per heavy atom. The number of hydrogen-bond donors (Lipinski definition) is 0. The molecule has 0 aliphatic heterocycles. The number of rotatable bonds is 2. The van der Waals surface area contributed by atoms with E-state index in [1.165, 1.54) is 19.2 Å². The zero-order valence-electron chi connectivity index (χ0n) is 7.31. The maximum absolute atomic E-state index is 13.3. The zero-order valence-corrected chi connectivity index (χ0v) is 9.65. The molecule has 2 nitrogen and oxygen atoms in total. The van der Waals surface area contributed by atoms with Crippen LogP contribution in [0, 0.1) is 5.82 Å². The van der Waals surface area contributed by atoms with Crippen molar-refractivity contribution < 1.29 is 13.9 Å². The molecule has 76 valence electrons. The number of carbonyl (C=O) groups is 1. The van der Waals surface area contributed by atoms with Crippen molar-refractivity contribution in [3.63, 3.8) is 0 Å². The molecular weight excluding hydrogens is 274 g/mol. The fraction of sp³-hybridized carbons (Fsp3) is 0.222. The van der Waals surface area contributed by atoms with Crippen LogP contribution in [-0.4, -0.2) is 13.1 Å². The predicted octanol–water partition coefficient (Wildman–Crippen LogP) is 3.11. The van der Waals surface area contributed by atoms with E-state index in [1.54, 1.807) is 0 Å². The molecule has 0 N–H and O–H groups in total. The van der Waals surface area contributed by atoms with E-state index in [0.717, 1.165) is 0 Å². The van der Waals surface area contributed by atoms with Gasteiger partial charge in [-0.05, 0) is 12.1 Å². The van der Waals surface area contributed by atoms with Crippen molar-refractivity contribution >= 4 is 33.5 Å². The van der Waals surface area contributed by atoms with Gasteiger partial charge >= 0.3 is 5.97 Å². The van der Waals surface area contributed by atoms with E-state index in [2.05, 4.69) is 20.7 Å². The van der Waals surface area contributed by atoms with Gasteiger partial charge in [0.1, 0.15) is 5.82 Å². The molecule has 1 rings (SSSR count). The highest BCUT2D eigenvalue weighted by molar-refractivity contribution is 9.10. The number of carbonyl (C=O) groups excluding carboxylic acids is 1. The average Bonchev–Trinajstić information content (AvgIpc) is 2.15. The number of halogens is 3. The molecule has 0 heterocycles. The summed E-state index contributed by atoms with van der Waals surface area (Å²) in [6.07, 6.45) is 0. The number of esters is 1. The zero-order chi connectivity index (χ0) is 10.7. The number of alkyl halides is 1. The van der Waals surface area contributed by atoms with Crippen LogP contribution in [0.15, 0.2) is 16.6 Å². The first-order valence-electron chi connectivity index (χ1n) is 3.72. The first kappa shape index (κ1) is 11.5. The van der Waals surface area contributed by atoms with E-state index in [0.29, 0.717) is 4.47 Å². The van der Waals surface area contributed by atoms with Crippen LogP contribution < -0.4 is 0 Å². The molecule has 5 heteroatoms. The summed E-state index contributed by atoms with van der Waals surface area (Å²) >= 11 is 8.61. The molecule has 0 aliphatic rings. The second-order valence-electron chi connectivity index (χ2n) is 2.54. The molecular formula is C9H7BrClFO2. The minimum atomic E-state index is -0.596. The molecule has 0 spiro atoms. The standard InChI is InChI=1S/C9H7BrClFO2/c1-14-9(13)6-2-5(10)3-8(12)7(6)4-11/h2-3H,4H2,1H3. The van der Waals surface area contributed by atoms with Gasteiger partial charge in [0.25, 0.3) is 0 Å². The SMILES string of the molecule is COC(=O)c1cc(Br)cc(F)c1CCl. The minimum absolute atomic E-state index is 0.0659. The van der Waals surface area contributed by atoms with E-state index in [1.807, 2.05) is 0 Å².